The number of nitrogens with zero attached hydrogens (tertiary/aromatic N) is 4. The fourth-order valence-electron chi connectivity index (χ4n) is 3.92. The van der Waals surface area contributed by atoms with E-state index in [2.05, 4.69) is 15.0 Å². The van der Waals surface area contributed by atoms with Crippen molar-refractivity contribution >= 4 is 42.9 Å². The summed E-state index contributed by atoms with van der Waals surface area (Å²) in [6.45, 7) is 1.55. The molecular formula is C17H26N5O7P2S-. The van der Waals surface area contributed by atoms with Crippen molar-refractivity contribution in [2.45, 2.75) is 62.5 Å². The number of methoxy groups -OCH3 is 1. The smallest absolute Gasteiger partial charge is 0.328 e. The lowest BCUT2D eigenvalue weighted by Crippen LogP contribution is -2.40. The Hall–Kier alpha value is -1.01. The molecule has 2 aliphatic rings. The maximum absolute atomic E-state index is 13.2. The molecule has 0 spiro atoms. The molecule has 12 nitrogen and oxygen atoms in total. The summed E-state index contributed by atoms with van der Waals surface area (Å²) < 4.78 is 31.3. The summed E-state index contributed by atoms with van der Waals surface area (Å²) in [5.74, 6) is -0.315. The Bertz CT molecular complexity index is 1120. The molecule has 0 aromatic carbocycles. The zero-order chi connectivity index (χ0) is 23.6. The minimum atomic E-state index is -4.33. The second kappa shape index (κ2) is 8.04. The monoisotopic (exact) mass is 506 g/mol. The molecule has 0 radical (unpaired) electrons. The Morgan fingerprint density at radius 3 is 2.56 bits per heavy atom. The first-order valence-corrected chi connectivity index (χ1v) is 14.2. The van der Waals surface area contributed by atoms with Crippen LogP contribution in [0.3, 0.4) is 0 Å². The molecule has 0 amide bonds. The normalized spacial score (nSPS) is 32.8. The number of ether oxygens (including phenoxy) is 2. The van der Waals surface area contributed by atoms with Gasteiger partial charge in [0.2, 0.25) is 0 Å². The first kappa shape index (κ1) is 24.1. The summed E-state index contributed by atoms with van der Waals surface area (Å²) in [6, 6.07) is 0. The van der Waals surface area contributed by atoms with Crippen LogP contribution >= 0.6 is 14.1 Å². The fourth-order valence-corrected chi connectivity index (χ4v) is 6.28. The van der Waals surface area contributed by atoms with Crippen LogP contribution in [-0.2, 0) is 30.4 Å². The van der Waals surface area contributed by atoms with Crippen LogP contribution in [0.2, 0.25) is 0 Å². The first-order valence-electron chi connectivity index (χ1n) is 9.92. The van der Waals surface area contributed by atoms with Gasteiger partial charge in [-0.2, -0.15) is 0 Å². The number of rotatable bonds is 6. The third-order valence-electron chi connectivity index (χ3n) is 5.90. The van der Waals surface area contributed by atoms with Gasteiger partial charge in [0.15, 0.2) is 17.7 Å². The van der Waals surface area contributed by atoms with Crippen molar-refractivity contribution in [3.05, 3.63) is 12.7 Å². The number of anilines is 1. The molecule has 2 aromatic rings. The minimum Gasteiger partial charge on any atom is -0.800 e. The molecule has 2 aromatic heterocycles. The lowest BCUT2D eigenvalue weighted by atomic mass is 10.1. The summed E-state index contributed by atoms with van der Waals surface area (Å²) in [5.41, 5.74) is 5.78. The van der Waals surface area contributed by atoms with Crippen molar-refractivity contribution in [1.82, 2.24) is 19.5 Å². The molecule has 7 atom stereocenters. The molecule has 4 unspecified atom stereocenters. The minimum absolute atomic E-state index is 0.191. The van der Waals surface area contributed by atoms with Crippen LogP contribution < -0.4 is 10.6 Å². The van der Waals surface area contributed by atoms with Gasteiger partial charge in [0.25, 0.3) is 0 Å². The number of nitrogen functional groups attached to an aromatic ring is 1. The van der Waals surface area contributed by atoms with Gasteiger partial charge in [-0.15, -0.1) is 0 Å². The number of fused-ring (bicyclic) bond motifs is 1. The molecule has 4 N–H and O–H groups in total. The van der Waals surface area contributed by atoms with Gasteiger partial charge in [-0.1, -0.05) is 32.6 Å². The second-order valence-corrected chi connectivity index (χ2v) is 14.9. The van der Waals surface area contributed by atoms with Crippen molar-refractivity contribution in [1.29, 1.82) is 0 Å². The van der Waals surface area contributed by atoms with E-state index in [9.17, 15) is 19.2 Å². The summed E-state index contributed by atoms with van der Waals surface area (Å²) >= 11 is 5.33. The van der Waals surface area contributed by atoms with Gasteiger partial charge in [0.05, 0.1) is 18.1 Å². The number of hydrogen-bond donors (Lipinski definition) is 3. The van der Waals surface area contributed by atoms with E-state index >= 15 is 0 Å². The van der Waals surface area contributed by atoms with E-state index in [4.69, 9.17) is 31.5 Å². The van der Waals surface area contributed by atoms with Crippen molar-refractivity contribution in [3.63, 3.8) is 0 Å². The summed E-state index contributed by atoms with van der Waals surface area (Å²) in [4.78, 5) is 44.9. The number of imidazole rings is 1. The van der Waals surface area contributed by atoms with Crippen molar-refractivity contribution < 1.29 is 33.2 Å². The number of aromatic nitrogens is 4. The van der Waals surface area contributed by atoms with Gasteiger partial charge in [-0.05, 0) is 6.42 Å². The first-order chi connectivity index (χ1) is 14.8. The fraction of sp³-hybridized carbons (Fsp3) is 0.706. The molecule has 1 aliphatic heterocycles. The maximum atomic E-state index is 13.2. The highest BCUT2D eigenvalue weighted by Gasteiger charge is 2.61. The molecule has 3 heterocycles. The zero-order valence-electron chi connectivity index (χ0n) is 17.9. The molecule has 15 heteroatoms. The highest BCUT2D eigenvalue weighted by atomic mass is 32.5. The Kier molecular flexibility index (Phi) is 6.06. The standard InChI is InChI=1S/C17H27N5O7P2S/c1-17(2,3)31(26,32)29-12-11(8-5-9(8)30(23,24)25)28-16(13(12)27-4)22-7-21-10-14(18)19-6-20-15(10)22/h6-9,11-13,16H,5H2,1-4H3,(H,26,32)(H2,18,19,20)(H2,23,24,25)/p-1/t8?,9?,11-,12+,13?,16-,31?/m1/s1. The van der Waals surface area contributed by atoms with Crippen molar-refractivity contribution in [3.8, 4) is 0 Å². The molecule has 178 valence electrons. The summed E-state index contributed by atoms with van der Waals surface area (Å²) in [6.07, 6.45) is -0.360. The third-order valence-corrected chi connectivity index (χ3v) is 11.4. The molecule has 32 heavy (non-hydrogen) atoms. The van der Waals surface area contributed by atoms with Crippen LogP contribution in [0.4, 0.5) is 5.82 Å². The Balaban J connectivity index is 1.74. The van der Waals surface area contributed by atoms with Gasteiger partial charge in [-0.25, -0.2) is 15.0 Å². The topological polar surface area (TPSA) is 178 Å². The van der Waals surface area contributed by atoms with E-state index < -0.39 is 55.4 Å². The van der Waals surface area contributed by atoms with Crippen LogP contribution in [0.5, 0.6) is 0 Å². The Labute approximate surface area is 189 Å². The van der Waals surface area contributed by atoms with E-state index in [0.717, 1.165) is 0 Å². The Morgan fingerprint density at radius 1 is 1.31 bits per heavy atom. The lowest BCUT2D eigenvalue weighted by Gasteiger charge is -2.43. The zero-order valence-corrected chi connectivity index (χ0v) is 20.5. The summed E-state index contributed by atoms with van der Waals surface area (Å²) in [7, 11) is -2.88. The molecular weight excluding hydrogens is 480 g/mol. The van der Waals surface area contributed by atoms with Crippen LogP contribution in [-0.4, -0.2) is 65.5 Å². The van der Waals surface area contributed by atoms with Gasteiger partial charge in [-0.3, -0.25) is 9.13 Å². The van der Waals surface area contributed by atoms with Crippen LogP contribution in [0.25, 0.3) is 11.2 Å². The van der Waals surface area contributed by atoms with E-state index in [0.29, 0.717) is 11.2 Å². The number of nitrogens with two attached hydrogens (primary N) is 1. The molecule has 1 aliphatic carbocycles. The van der Waals surface area contributed by atoms with Crippen LogP contribution in [0, 0.1) is 5.92 Å². The van der Waals surface area contributed by atoms with Crippen LogP contribution in [0.15, 0.2) is 12.7 Å². The van der Waals surface area contributed by atoms with Crippen molar-refractivity contribution in [2.75, 3.05) is 12.8 Å². The van der Waals surface area contributed by atoms with E-state index in [1.54, 1.807) is 25.3 Å². The van der Waals surface area contributed by atoms with Gasteiger partial charge >= 0.3 is 7.60 Å². The average Bonchev–Trinajstić information content (AvgIpc) is 3.24. The predicted molar refractivity (Wildman–Crippen MR) is 117 cm³/mol. The third kappa shape index (κ3) is 4.15. The van der Waals surface area contributed by atoms with Gasteiger partial charge in [0, 0.05) is 24.7 Å². The summed E-state index contributed by atoms with van der Waals surface area (Å²) in [5, 5.41) is -0.834. The average molecular weight is 506 g/mol. The molecule has 2 fully saturated rings. The molecule has 1 saturated heterocycles. The molecule has 0 bridgehead atoms. The largest absolute Gasteiger partial charge is 0.800 e. The lowest BCUT2D eigenvalue weighted by molar-refractivity contribution is -0.195. The van der Waals surface area contributed by atoms with Gasteiger partial charge < -0.3 is 34.4 Å². The maximum Gasteiger partial charge on any atom is 0.328 e. The highest BCUT2D eigenvalue weighted by Crippen LogP contribution is 2.63. The van der Waals surface area contributed by atoms with Gasteiger partial charge in [0.1, 0.15) is 24.1 Å². The SMILES string of the molecule is COC1[C@@H](OP([O-])(=S)C(C)(C)C)[C@@H](C2CC2P(=O)(O)O)O[C@H]1n1cnc2c(N)ncnc21. The quantitative estimate of drug-likeness (QED) is 0.469. The highest BCUT2D eigenvalue weighted by molar-refractivity contribution is 8.09. The van der Waals surface area contributed by atoms with Crippen molar-refractivity contribution in [2.24, 2.45) is 5.92 Å². The predicted octanol–water partition coefficient (Wildman–Crippen LogP) is 0.741. The van der Waals surface area contributed by atoms with E-state index in [-0.39, 0.29) is 12.2 Å². The Morgan fingerprint density at radius 2 is 2.00 bits per heavy atom. The molecule has 1 saturated carbocycles. The second-order valence-electron chi connectivity index (χ2n) is 9.07. The van der Waals surface area contributed by atoms with E-state index in [1.165, 1.54) is 19.8 Å². The van der Waals surface area contributed by atoms with E-state index in [1.807, 2.05) is 0 Å². The number of hydrogen-bond acceptors (Lipinski definition) is 10. The van der Waals surface area contributed by atoms with Crippen LogP contribution in [0.1, 0.15) is 33.4 Å². The molecule has 4 rings (SSSR count).